The maximum absolute atomic E-state index is 10.0. The molecular weight excluding hydrogens is 277 g/mol. The Morgan fingerprint density at radius 1 is 1.05 bits per heavy atom. The fourth-order valence-electron chi connectivity index (χ4n) is 2.05. The van der Waals surface area contributed by atoms with E-state index in [1.165, 1.54) is 16.4 Å². The molecule has 0 spiro atoms. The van der Waals surface area contributed by atoms with Crippen LogP contribution in [0.15, 0.2) is 42.5 Å². The topological polar surface area (TPSA) is 32.3 Å². The van der Waals surface area contributed by atoms with E-state index in [1.54, 1.807) is 6.07 Å². The first-order valence-corrected chi connectivity index (χ1v) is 8.25. The Balaban J connectivity index is 2.22. The summed E-state index contributed by atoms with van der Waals surface area (Å²) in [5, 5.41) is 15.9. The van der Waals surface area contributed by atoms with Crippen molar-refractivity contribution in [1.82, 2.24) is 5.32 Å². The molecule has 0 fully saturated rings. The van der Waals surface area contributed by atoms with Crippen LogP contribution in [0.2, 0.25) is 0 Å². The minimum atomic E-state index is 0.0989. The van der Waals surface area contributed by atoms with E-state index in [0.717, 1.165) is 11.8 Å². The first-order valence-electron chi connectivity index (χ1n) is 7.25. The summed E-state index contributed by atoms with van der Waals surface area (Å²) in [6.07, 6.45) is 0. The molecule has 0 saturated heterocycles. The second-order valence-electron chi connectivity index (χ2n) is 6.41. The number of nitrogens with one attached hydrogen (secondary N) is 1. The normalized spacial score (nSPS) is 12.2. The first kappa shape index (κ1) is 16.0. The number of aryl methyl sites for hydroxylation is 1. The fourth-order valence-corrected chi connectivity index (χ4v) is 3.37. The van der Waals surface area contributed by atoms with Crippen LogP contribution in [0, 0.1) is 6.92 Å². The van der Waals surface area contributed by atoms with Crippen LogP contribution in [0.25, 0.3) is 0 Å². The van der Waals surface area contributed by atoms with Gasteiger partial charge in [0.15, 0.2) is 0 Å². The van der Waals surface area contributed by atoms with Gasteiger partial charge in [-0.25, -0.2) is 0 Å². The summed E-state index contributed by atoms with van der Waals surface area (Å²) in [5.41, 5.74) is 2.58. The predicted molar refractivity (Wildman–Crippen MR) is 93.5 cm³/mol. The second-order valence-corrected chi connectivity index (χ2v) is 7.73. The third kappa shape index (κ3) is 4.84. The first-order chi connectivity index (χ1) is 9.85. The smallest absolute Gasteiger partial charge is 0.123 e. The van der Waals surface area contributed by atoms with Crippen molar-refractivity contribution >= 4 is 19.2 Å². The zero-order valence-corrected chi connectivity index (χ0v) is 14.2. The molecule has 2 aromatic rings. The number of phenolic OH excluding ortho intramolecular Hbond substituents is 1. The standard InChI is InChI=1S/C18H24NOP/c1-13-9-10-15(20)17(11-13)21-16-8-6-5-7-14(16)12-19-18(2,3)4/h5-11,19-21H,12H2,1-4H3. The van der Waals surface area contributed by atoms with Gasteiger partial charge >= 0.3 is 0 Å². The van der Waals surface area contributed by atoms with E-state index in [2.05, 4.69) is 63.3 Å². The highest BCUT2D eigenvalue weighted by Crippen LogP contribution is 2.21. The van der Waals surface area contributed by atoms with Gasteiger partial charge in [-0.3, -0.25) is 0 Å². The van der Waals surface area contributed by atoms with Crippen LogP contribution in [0.3, 0.4) is 0 Å². The van der Waals surface area contributed by atoms with Crippen molar-refractivity contribution < 1.29 is 5.11 Å². The number of hydrogen-bond acceptors (Lipinski definition) is 2. The number of hydrogen-bond donors (Lipinski definition) is 2. The van der Waals surface area contributed by atoms with Gasteiger partial charge in [-0.15, -0.1) is 0 Å². The van der Waals surface area contributed by atoms with Crippen molar-refractivity contribution in [2.24, 2.45) is 0 Å². The minimum absolute atomic E-state index is 0.0989. The van der Waals surface area contributed by atoms with Gasteiger partial charge in [-0.05, 0) is 50.7 Å². The summed E-state index contributed by atoms with van der Waals surface area (Å²) in [6.45, 7) is 9.42. The number of aromatic hydroxyl groups is 1. The predicted octanol–water partition coefficient (Wildman–Crippen LogP) is 3.22. The second kappa shape index (κ2) is 6.60. The molecular formula is C18H24NOP. The molecule has 0 heterocycles. The largest absolute Gasteiger partial charge is 0.507 e. The summed E-state index contributed by atoms with van der Waals surface area (Å²) >= 11 is 0. The Hall–Kier alpha value is -1.37. The van der Waals surface area contributed by atoms with Crippen LogP contribution in [0.4, 0.5) is 0 Å². The quantitative estimate of drug-likeness (QED) is 0.850. The van der Waals surface area contributed by atoms with E-state index in [1.807, 2.05) is 6.07 Å². The molecule has 3 heteroatoms. The van der Waals surface area contributed by atoms with Crippen LogP contribution in [0.5, 0.6) is 5.75 Å². The molecule has 2 aromatic carbocycles. The van der Waals surface area contributed by atoms with Crippen molar-refractivity contribution in [1.29, 1.82) is 0 Å². The number of rotatable bonds is 4. The maximum atomic E-state index is 10.0. The molecule has 0 radical (unpaired) electrons. The van der Waals surface area contributed by atoms with Crippen molar-refractivity contribution in [2.75, 3.05) is 0 Å². The van der Waals surface area contributed by atoms with Crippen LogP contribution in [0.1, 0.15) is 31.9 Å². The summed E-state index contributed by atoms with van der Waals surface area (Å²) in [7, 11) is 0.474. The van der Waals surface area contributed by atoms with Crippen LogP contribution in [-0.4, -0.2) is 10.6 Å². The monoisotopic (exact) mass is 301 g/mol. The van der Waals surface area contributed by atoms with E-state index in [9.17, 15) is 5.11 Å². The van der Waals surface area contributed by atoms with Crippen molar-refractivity contribution in [3.8, 4) is 5.75 Å². The Morgan fingerprint density at radius 3 is 2.48 bits per heavy atom. The molecule has 21 heavy (non-hydrogen) atoms. The maximum Gasteiger partial charge on any atom is 0.123 e. The van der Waals surface area contributed by atoms with E-state index >= 15 is 0 Å². The molecule has 0 aliphatic rings. The van der Waals surface area contributed by atoms with Crippen molar-refractivity contribution in [3.63, 3.8) is 0 Å². The Morgan fingerprint density at radius 2 is 1.76 bits per heavy atom. The SMILES string of the molecule is Cc1ccc(O)c(Pc2ccccc2CNC(C)(C)C)c1. The van der Waals surface area contributed by atoms with Gasteiger partial charge in [-0.1, -0.05) is 44.5 Å². The third-order valence-corrected chi connectivity index (χ3v) is 4.67. The summed E-state index contributed by atoms with van der Waals surface area (Å²) in [6, 6.07) is 14.2. The van der Waals surface area contributed by atoms with E-state index in [4.69, 9.17) is 0 Å². The molecule has 0 bridgehead atoms. The van der Waals surface area contributed by atoms with Crippen LogP contribution >= 0.6 is 8.58 Å². The van der Waals surface area contributed by atoms with E-state index < -0.39 is 0 Å². The molecule has 0 aliphatic heterocycles. The average Bonchev–Trinajstić information content (AvgIpc) is 2.41. The number of phenols is 1. The van der Waals surface area contributed by atoms with Gasteiger partial charge in [0, 0.05) is 17.4 Å². The lowest BCUT2D eigenvalue weighted by atomic mass is 10.1. The molecule has 1 unspecified atom stereocenters. The Bertz CT molecular complexity index is 617. The number of benzene rings is 2. The molecule has 2 N–H and O–H groups in total. The lowest BCUT2D eigenvalue weighted by molar-refractivity contribution is 0.425. The molecule has 2 rings (SSSR count). The summed E-state index contributed by atoms with van der Waals surface area (Å²) < 4.78 is 0. The molecule has 0 saturated carbocycles. The third-order valence-electron chi connectivity index (χ3n) is 3.25. The van der Waals surface area contributed by atoms with Gasteiger partial charge in [0.25, 0.3) is 0 Å². The molecule has 0 aliphatic carbocycles. The summed E-state index contributed by atoms with van der Waals surface area (Å²) in [4.78, 5) is 0. The van der Waals surface area contributed by atoms with E-state index in [0.29, 0.717) is 14.3 Å². The Labute approximate surface area is 129 Å². The zero-order chi connectivity index (χ0) is 15.5. The Kier molecular flexibility index (Phi) is 5.03. The average molecular weight is 301 g/mol. The molecule has 0 aromatic heterocycles. The van der Waals surface area contributed by atoms with Crippen molar-refractivity contribution in [3.05, 3.63) is 53.6 Å². The minimum Gasteiger partial charge on any atom is -0.507 e. The van der Waals surface area contributed by atoms with Gasteiger partial charge in [0.2, 0.25) is 0 Å². The van der Waals surface area contributed by atoms with Crippen LogP contribution < -0.4 is 15.9 Å². The highest BCUT2D eigenvalue weighted by Gasteiger charge is 2.11. The van der Waals surface area contributed by atoms with Gasteiger partial charge in [0.1, 0.15) is 5.75 Å². The zero-order valence-electron chi connectivity index (χ0n) is 13.2. The van der Waals surface area contributed by atoms with Gasteiger partial charge in [0.05, 0.1) is 0 Å². The molecule has 0 amide bonds. The molecule has 112 valence electrons. The lowest BCUT2D eigenvalue weighted by Gasteiger charge is -2.21. The van der Waals surface area contributed by atoms with Crippen molar-refractivity contribution in [2.45, 2.75) is 39.8 Å². The van der Waals surface area contributed by atoms with Gasteiger partial charge < -0.3 is 10.4 Å². The van der Waals surface area contributed by atoms with Crippen LogP contribution in [-0.2, 0) is 6.54 Å². The van der Waals surface area contributed by atoms with E-state index in [-0.39, 0.29) is 5.54 Å². The fraction of sp³-hybridized carbons (Fsp3) is 0.333. The molecule has 1 atom stereocenters. The highest BCUT2D eigenvalue weighted by atomic mass is 31.1. The summed E-state index contributed by atoms with van der Waals surface area (Å²) in [5.74, 6) is 0.387. The highest BCUT2D eigenvalue weighted by molar-refractivity contribution is 7.55. The molecule has 2 nitrogen and oxygen atoms in total. The van der Waals surface area contributed by atoms with Gasteiger partial charge in [-0.2, -0.15) is 0 Å². The lowest BCUT2D eigenvalue weighted by Crippen LogP contribution is -2.36.